The number of carbonyl (C=O) groups excluding carboxylic acids is 1. The summed E-state index contributed by atoms with van der Waals surface area (Å²) < 4.78 is 5.15. The first kappa shape index (κ1) is 12.4. The molecule has 0 spiro atoms. The molecule has 0 aliphatic carbocycles. The highest BCUT2D eigenvalue weighted by Gasteiger charge is 2.07. The Balaban J connectivity index is 2.58. The maximum absolute atomic E-state index is 11.0. The van der Waals surface area contributed by atoms with Crippen molar-refractivity contribution in [3.63, 3.8) is 0 Å². The molecule has 18 heavy (non-hydrogen) atoms. The van der Waals surface area contributed by atoms with Crippen LogP contribution in [-0.4, -0.2) is 13.4 Å². The number of hydrogen-bond acceptors (Lipinski definition) is 2. The predicted molar refractivity (Wildman–Crippen MR) is 73.3 cm³/mol. The van der Waals surface area contributed by atoms with Gasteiger partial charge in [0.05, 0.1) is 12.7 Å². The van der Waals surface area contributed by atoms with Crippen molar-refractivity contribution < 1.29 is 9.53 Å². The van der Waals surface area contributed by atoms with Gasteiger partial charge in [-0.25, -0.2) is 0 Å². The van der Waals surface area contributed by atoms with Gasteiger partial charge in [0.2, 0.25) is 0 Å². The van der Waals surface area contributed by atoms with E-state index in [4.69, 9.17) is 4.74 Å². The van der Waals surface area contributed by atoms with Gasteiger partial charge < -0.3 is 4.74 Å². The molecule has 0 saturated carbocycles. The van der Waals surface area contributed by atoms with Gasteiger partial charge in [-0.2, -0.15) is 0 Å². The molecular weight excluding hydrogens is 224 g/mol. The molecule has 0 aliphatic rings. The van der Waals surface area contributed by atoms with Gasteiger partial charge in [0.15, 0.2) is 6.29 Å². The number of carbonyl (C=O) groups is 1. The Kier molecular flexibility index (Phi) is 3.47. The molecule has 0 unspecified atom stereocenters. The van der Waals surface area contributed by atoms with E-state index in [1.54, 1.807) is 7.11 Å². The number of ether oxygens (including phenoxy) is 1. The summed E-state index contributed by atoms with van der Waals surface area (Å²) in [5.74, 6) is 0.610. The van der Waals surface area contributed by atoms with Gasteiger partial charge in [0.1, 0.15) is 5.75 Å². The minimum Gasteiger partial charge on any atom is -0.496 e. The van der Waals surface area contributed by atoms with Crippen LogP contribution in [0.25, 0.3) is 11.1 Å². The number of aryl methyl sites for hydroxylation is 1. The Hall–Kier alpha value is -2.09. The van der Waals surface area contributed by atoms with Gasteiger partial charge in [0, 0.05) is 0 Å². The molecule has 0 heterocycles. The van der Waals surface area contributed by atoms with Crippen LogP contribution in [-0.2, 0) is 0 Å². The monoisotopic (exact) mass is 240 g/mol. The third-order valence-corrected chi connectivity index (χ3v) is 3.27. The molecule has 0 fully saturated rings. The minimum atomic E-state index is 0.580. The van der Waals surface area contributed by atoms with Crippen molar-refractivity contribution >= 4 is 6.29 Å². The van der Waals surface area contributed by atoms with Gasteiger partial charge >= 0.3 is 0 Å². The van der Waals surface area contributed by atoms with Crippen molar-refractivity contribution in [3.8, 4) is 16.9 Å². The second-order valence-electron chi connectivity index (χ2n) is 4.32. The Morgan fingerprint density at radius 2 is 1.89 bits per heavy atom. The van der Waals surface area contributed by atoms with E-state index in [1.807, 2.05) is 24.3 Å². The van der Waals surface area contributed by atoms with Gasteiger partial charge in [-0.3, -0.25) is 4.79 Å². The summed E-state index contributed by atoms with van der Waals surface area (Å²) in [7, 11) is 1.57. The third-order valence-electron chi connectivity index (χ3n) is 3.27. The van der Waals surface area contributed by atoms with E-state index in [0.717, 1.165) is 17.4 Å². The van der Waals surface area contributed by atoms with Crippen LogP contribution in [0.2, 0.25) is 0 Å². The highest BCUT2D eigenvalue weighted by Crippen LogP contribution is 2.29. The van der Waals surface area contributed by atoms with E-state index in [9.17, 15) is 4.79 Å². The lowest BCUT2D eigenvalue weighted by molar-refractivity contribution is 0.112. The fourth-order valence-electron chi connectivity index (χ4n) is 2.06. The van der Waals surface area contributed by atoms with Crippen molar-refractivity contribution in [2.24, 2.45) is 0 Å². The molecule has 0 N–H and O–H groups in total. The first-order valence-corrected chi connectivity index (χ1v) is 5.87. The van der Waals surface area contributed by atoms with Crippen LogP contribution in [0.5, 0.6) is 5.75 Å². The summed E-state index contributed by atoms with van der Waals surface area (Å²) in [4.78, 5) is 11.0. The lowest BCUT2D eigenvalue weighted by Crippen LogP contribution is -1.92. The van der Waals surface area contributed by atoms with Gasteiger partial charge in [-0.15, -0.1) is 0 Å². The number of rotatable bonds is 3. The summed E-state index contributed by atoms with van der Waals surface area (Å²) in [5.41, 5.74) is 5.26. The first-order chi connectivity index (χ1) is 8.67. The van der Waals surface area contributed by atoms with Crippen LogP contribution in [0.15, 0.2) is 36.4 Å². The van der Waals surface area contributed by atoms with E-state index in [-0.39, 0.29) is 0 Å². The second-order valence-corrected chi connectivity index (χ2v) is 4.32. The topological polar surface area (TPSA) is 26.3 Å². The van der Waals surface area contributed by atoms with Crippen LogP contribution in [0.4, 0.5) is 0 Å². The Labute approximate surface area is 107 Å². The summed E-state index contributed by atoms with van der Waals surface area (Å²) in [5, 5.41) is 0. The number of hydrogen-bond donors (Lipinski definition) is 0. The predicted octanol–water partition coefficient (Wildman–Crippen LogP) is 3.79. The highest BCUT2D eigenvalue weighted by atomic mass is 16.5. The molecule has 2 nitrogen and oxygen atoms in total. The molecule has 0 saturated heterocycles. The maximum Gasteiger partial charge on any atom is 0.153 e. The van der Waals surface area contributed by atoms with Crippen molar-refractivity contribution in [1.82, 2.24) is 0 Å². The van der Waals surface area contributed by atoms with Gasteiger partial charge in [-0.1, -0.05) is 24.3 Å². The zero-order valence-electron chi connectivity index (χ0n) is 10.9. The highest BCUT2D eigenvalue weighted by molar-refractivity contribution is 5.83. The van der Waals surface area contributed by atoms with E-state index in [2.05, 4.69) is 26.0 Å². The van der Waals surface area contributed by atoms with Gasteiger partial charge in [0.25, 0.3) is 0 Å². The Morgan fingerprint density at radius 1 is 1.11 bits per heavy atom. The summed E-state index contributed by atoms with van der Waals surface area (Å²) >= 11 is 0. The van der Waals surface area contributed by atoms with E-state index in [0.29, 0.717) is 11.3 Å². The normalized spacial score (nSPS) is 10.2. The van der Waals surface area contributed by atoms with Crippen molar-refractivity contribution in [1.29, 1.82) is 0 Å². The lowest BCUT2D eigenvalue weighted by atomic mass is 9.96. The molecule has 92 valence electrons. The van der Waals surface area contributed by atoms with Crippen molar-refractivity contribution in [3.05, 3.63) is 53.1 Å². The van der Waals surface area contributed by atoms with Crippen LogP contribution in [0, 0.1) is 13.8 Å². The summed E-state index contributed by atoms with van der Waals surface area (Å²) in [6.07, 6.45) is 0.827. The Bertz CT molecular complexity index is 586. The van der Waals surface area contributed by atoms with Crippen molar-refractivity contribution in [2.75, 3.05) is 7.11 Å². The quantitative estimate of drug-likeness (QED) is 0.763. The molecule has 2 aromatic rings. The number of methoxy groups -OCH3 is 1. The molecule has 2 aromatic carbocycles. The zero-order chi connectivity index (χ0) is 13.1. The largest absolute Gasteiger partial charge is 0.496 e. The third kappa shape index (κ3) is 2.14. The lowest BCUT2D eigenvalue weighted by Gasteiger charge is -2.11. The van der Waals surface area contributed by atoms with Crippen LogP contribution in [0.3, 0.4) is 0 Å². The van der Waals surface area contributed by atoms with Crippen LogP contribution >= 0.6 is 0 Å². The fourth-order valence-corrected chi connectivity index (χ4v) is 2.06. The van der Waals surface area contributed by atoms with E-state index in [1.165, 1.54) is 11.1 Å². The summed E-state index contributed by atoms with van der Waals surface area (Å²) in [6, 6.07) is 11.9. The minimum absolute atomic E-state index is 0.580. The molecule has 0 radical (unpaired) electrons. The number of benzene rings is 2. The van der Waals surface area contributed by atoms with Crippen LogP contribution < -0.4 is 4.74 Å². The molecular formula is C16H16O2. The molecule has 2 rings (SSSR count). The molecule has 0 aromatic heterocycles. The van der Waals surface area contributed by atoms with Crippen LogP contribution in [0.1, 0.15) is 21.5 Å². The van der Waals surface area contributed by atoms with Crippen molar-refractivity contribution in [2.45, 2.75) is 13.8 Å². The maximum atomic E-state index is 11.0. The molecule has 0 aliphatic heterocycles. The van der Waals surface area contributed by atoms with E-state index >= 15 is 0 Å². The average molecular weight is 240 g/mol. The first-order valence-electron chi connectivity index (χ1n) is 5.87. The molecule has 0 bridgehead atoms. The number of aldehydes is 1. The Morgan fingerprint density at radius 3 is 2.56 bits per heavy atom. The zero-order valence-corrected chi connectivity index (χ0v) is 10.9. The molecule has 2 heteroatoms. The average Bonchev–Trinajstić information content (AvgIpc) is 2.41. The standard InChI is InChI=1S/C16H16O2/c1-11-5-4-6-15(12(11)2)13-7-8-16(18-3)14(9-13)10-17/h4-10H,1-3H3. The SMILES string of the molecule is COc1ccc(-c2cccc(C)c2C)cc1C=O. The molecule has 0 amide bonds. The van der Waals surface area contributed by atoms with Gasteiger partial charge in [-0.05, 0) is 48.2 Å². The van der Waals surface area contributed by atoms with E-state index < -0.39 is 0 Å². The summed E-state index contributed by atoms with van der Waals surface area (Å²) in [6.45, 7) is 4.18. The fraction of sp³-hybridized carbons (Fsp3) is 0.188. The second kappa shape index (κ2) is 5.05. The molecule has 0 atom stereocenters. The smallest absolute Gasteiger partial charge is 0.153 e.